The highest BCUT2D eigenvalue weighted by Crippen LogP contribution is 2.41. The van der Waals surface area contributed by atoms with Gasteiger partial charge in [-0.2, -0.15) is 0 Å². The quantitative estimate of drug-likeness (QED) is 0.0717. The molecule has 1 aromatic heterocycles. The van der Waals surface area contributed by atoms with Crippen LogP contribution in [0.25, 0.3) is 11.1 Å². The van der Waals surface area contributed by atoms with Crippen LogP contribution in [0.2, 0.25) is 0 Å². The van der Waals surface area contributed by atoms with Crippen LogP contribution < -0.4 is 32.7 Å². The first-order valence-corrected chi connectivity index (χ1v) is 21.7. The number of carbonyl (C=O) groups excluding carboxylic acids is 6. The van der Waals surface area contributed by atoms with Gasteiger partial charge in [0.1, 0.15) is 30.3 Å². The van der Waals surface area contributed by atoms with Crippen molar-refractivity contribution in [3.05, 3.63) is 83.7 Å². The molecule has 65 heavy (non-hydrogen) atoms. The van der Waals surface area contributed by atoms with E-state index in [0.29, 0.717) is 17.8 Å². The summed E-state index contributed by atoms with van der Waals surface area (Å²) in [5, 5.41) is 28.5. The van der Waals surface area contributed by atoms with Crippen molar-refractivity contribution in [3.63, 3.8) is 0 Å². The number of aromatic nitrogens is 1. The molecule has 0 aliphatic carbocycles. The summed E-state index contributed by atoms with van der Waals surface area (Å²) >= 11 is 0. The predicted molar refractivity (Wildman–Crippen MR) is 245 cm³/mol. The summed E-state index contributed by atoms with van der Waals surface area (Å²) in [5.41, 5.74) is 11.6. The lowest BCUT2D eigenvalue weighted by molar-refractivity contribution is -0.141. The van der Waals surface area contributed by atoms with Crippen LogP contribution in [0.5, 0.6) is 0 Å². The van der Waals surface area contributed by atoms with E-state index >= 15 is 4.39 Å². The molecule has 0 spiro atoms. The van der Waals surface area contributed by atoms with E-state index in [1.165, 1.54) is 11.3 Å². The number of aliphatic hydroxyl groups excluding tert-OH is 1. The molecule has 1 heterocycles. The number of aliphatic hydroxyl groups is 1. The second-order valence-corrected chi connectivity index (χ2v) is 15.2. The first-order chi connectivity index (χ1) is 30.7. The molecule has 10 N–H and O–H groups in total. The fourth-order valence-corrected chi connectivity index (χ4v) is 6.25. The molecule has 0 radical (unpaired) electrons. The second kappa shape index (κ2) is 30.8. The number of nitrogens with one attached hydrogen (secondary N) is 4. The van der Waals surface area contributed by atoms with E-state index in [-0.39, 0.29) is 25.1 Å². The van der Waals surface area contributed by atoms with Gasteiger partial charge in [-0.25, -0.2) is 8.78 Å². The van der Waals surface area contributed by atoms with Crippen molar-refractivity contribution in [2.24, 2.45) is 16.9 Å². The Balaban J connectivity index is 0.00000553. The average molecular weight is 917 g/mol. The van der Waals surface area contributed by atoms with E-state index in [1.54, 1.807) is 12.3 Å². The van der Waals surface area contributed by atoms with Gasteiger partial charge in [0, 0.05) is 42.7 Å². The Morgan fingerprint density at radius 1 is 0.831 bits per heavy atom. The molecule has 0 aliphatic rings. The fourth-order valence-electron chi connectivity index (χ4n) is 6.25. The maximum absolute atomic E-state index is 15.1. The summed E-state index contributed by atoms with van der Waals surface area (Å²) in [6, 6.07) is 10.0. The van der Waals surface area contributed by atoms with Gasteiger partial charge in [0.25, 0.3) is 0 Å². The van der Waals surface area contributed by atoms with Crippen molar-refractivity contribution in [3.8, 4) is 11.1 Å². The Morgan fingerprint density at radius 2 is 1.43 bits per heavy atom. The van der Waals surface area contributed by atoms with E-state index in [4.69, 9.17) is 11.5 Å². The number of carbonyl (C=O) groups is 7. The van der Waals surface area contributed by atoms with Gasteiger partial charge in [0.05, 0.1) is 32.0 Å². The number of carboxylic acid groups (broad SMARTS) is 1. The number of hydrogen-bond donors (Lipinski definition) is 8. The minimum atomic E-state index is -1.71. The number of nitrogens with two attached hydrogens (primary N) is 2. The zero-order chi connectivity index (χ0) is 49.9. The van der Waals surface area contributed by atoms with Crippen LogP contribution >= 0.6 is 0 Å². The third kappa shape index (κ3) is 20.9. The van der Waals surface area contributed by atoms with Crippen molar-refractivity contribution in [1.29, 1.82) is 0 Å². The Hall–Kier alpha value is -6.21. The average Bonchev–Trinajstić information content (AvgIpc) is 3.66. The molecule has 3 atom stereocenters. The molecule has 362 valence electrons. The number of primary amides is 1. The van der Waals surface area contributed by atoms with E-state index in [1.807, 2.05) is 83.4 Å². The Labute approximate surface area is 381 Å². The van der Waals surface area contributed by atoms with Gasteiger partial charge in [-0.1, -0.05) is 99.1 Å². The highest BCUT2D eigenvalue weighted by Gasteiger charge is 2.37. The van der Waals surface area contributed by atoms with Crippen molar-refractivity contribution < 1.29 is 52.6 Å². The predicted octanol–water partition coefficient (Wildman–Crippen LogP) is 3.76. The number of halogens is 2. The summed E-state index contributed by atoms with van der Waals surface area (Å²) in [6.45, 7) is 16.1. The third-order valence-corrected chi connectivity index (χ3v) is 8.81. The lowest BCUT2D eigenvalue weighted by Crippen LogP contribution is -2.56. The van der Waals surface area contributed by atoms with Crippen LogP contribution in [0.4, 0.5) is 8.78 Å². The van der Waals surface area contributed by atoms with Crippen molar-refractivity contribution >= 4 is 41.4 Å². The molecule has 0 fully saturated rings. The zero-order valence-corrected chi connectivity index (χ0v) is 39.1. The summed E-state index contributed by atoms with van der Waals surface area (Å²) in [5.74, 6) is -8.08. The lowest BCUT2D eigenvalue weighted by Gasteiger charge is -2.41. The van der Waals surface area contributed by atoms with E-state index in [2.05, 4.69) is 35.1 Å². The highest BCUT2D eigenvalue weighted by molar-refractivity contribution is 5.96. The fraction of sp³-hybridized carbons (Fsp3) is 0.500. The van der Waals surface area contributed by atoms with Gasteiger partial charge in [-0.15, -0.1) is 0 Å². The topological polar surface area (TPSA) is 268 Å². The largest absolute Gasteiger partial charge is 0.481 e. The standard InChI is InChI=1S/C39H50F2N8O9.C3H8.2C2H6/c1-39(2,3)36(30-14-24(26-15-25(40)10-11-27(26)41)21-48(30)20-23-8-5-4-6-9-23)49(34(54)22-50)13-7-12-44-37(57)28(16-31(43)51)47-38(58)29(17-35(55)56)46-33(53)19-45-32(52)18-42;1-3-2;2*1-2/h4-6,8-11,14-15,21,28-29,36,50H,7,12-13,16-20,22,42H2,1-3H3,(H2,43,51)(H,44,57)(H,45,52)(H,46,53)(H,47,58)(H,55,56);3H2,1-2H3;2*1-2H3/t28-,29+,36?;;;/m0.../s1. The highest BCUT2D eigenvalue weighted by atomic mass is 19.1. The first kappa shape index (κ1) is 58.8. The van der Waals surface area contributed by atoms with Crippen molar-refractivity contribution in [2.75, 3.05) is 32.8 Å². The summed E-state index contributed by atoms with van der Waals surface area (Å²) in [6.07, 6.45) is 1.38. The molecule has 0 saturated carbocycles. The van der Waals surface area contributed by atoms with Crippen LogP contribution in [0.1, 0.15) is 105 Å². The SMILES string of the molecule is CC.CC.CC(C)(C)C(c1cc(-c2cc(F)ccc2F)cn1Cc1ccccc1)N(CCCNC(=O)[C@H](CC(N)=O)NC(=O)[C@@H](CC(=O)O)NC(=O)CNC(=O)CN)C(=O)CO.CCC. The van der Waals surface area contributed by atoms with E-state index in [9.17, 15) is 48.2 Å². The molecule has 0 aliphatic heterocycles. The minimum Gasteiger partial charge on any atom is -0.481 e. The monoisotopic (exact) mass is 917 g/mol. The molecule has 3 rings (SSSR count). The number of amides is 6. The zero-order valence-electron chi connectivity index (χ0n) is 39.1. The number of hydrogen-bond acceptors (Lipinski definition) is 9. The third-order valence-electron chi connectivity index (χ3n) is 8.81. The van der Waals surface area contributed by atoms with Crippen LogP contribution in [0.15, 0.2) is 60.8 Å². The van der Waals surface area contributed by atoms with Crippen LogP contribution in [-0.2, 0) is 40.1 Å². The second-order valence-electron chi connectivity index (χ2n) is 15.2. The minimum absolute atomic E-state index is 0.00810. The van der Waals surface area contributed by atoms with Gasteiger partial charge < -0.3 is 52.4 Å². The van der Waals surface area contributed by atoms with Crippen molar-refractivity contribution in [1.82, 2.24) is 30.7 Å². The van der Waals surface area contributed by atoms with Gasteiger partial charge in [-0.05, 0) is 41.7 Å². The molecule has 3 aromatic rings. The number of aliphatic carboxylic acids is 1. The number of benzene rings is 2. The first-order valence-electron chi connectivity index (χ1n) is 21.7. The molecular formula is C46H70F2N8O9. The Bertz CT molecular complexity index is 1970. The Morgan fingerprint density at radius 3 is 1.97 bits per heavy atom. The molecule has 2 aromatic carbocycles. The van der Waals surface area contributed by atoms with Crippen LogP contribution in [0.3, 0.4) is 0 Å². The van der Waals surface area contributed by atoms with Crippen LogP contribution in [0, 0.1) is 17.0 Å². The normalized spacial score (nSPS) is 11.8. The van der Waals surface area contributed by atoms with Gasteiger partial charge in [-0.3, -0.25) is 33.6 Å². The lowest BCUT2D eigenvalue weighted by atomic mass is 9.83. The van der Waals surface area contributed by atoms with Gasteiger partial charge in [0.2, 0.25) is 35.4 Å². The smallest absolute Gasteiger partial charge is 0.305 e. The van der Waals surface area contributed by atoms with E-state index in [0.717, 1.165) is 23.8 Å². The maximum Gasteiger partial charge on any atom is 0.305 e. The van der Waals surface area contributed by atoms with E-state index < -0.39 is 109 Å². The molecule has 19 heteroatoms. The van der Waals surface area contributed by atoms with Crippen molar-refractivity contribution in [2.45, 2.75) is 113 Å². The summed E-state index contributed by atoms with van der Waals surface area (Å²) in [4.78, 5) is 88.2. The van der Waals surface area contributed by atoms with Gasteiger partial charge >= 0.3 is 5.97 Å². The van der Waals surface area contributed by atoms with Gasteiger partial charge in [0.15, 0.2) is 0 Å². The Kier molecular flexibility index (Phi) is 27.9. The molecule has 1 unspecified atom stereocenters. The molecular weight excluding hydrogens is 847 g/mol. The number of rotatable bonds is 21. The molecule has 0 saturated heterocycles. The number of carboxylic acids is 1. The maximum atomic E-state index is 15.1. The summed E-state index contributed by atoms with van der Waals surface area (Å²) < 4.78 is 31.2. The molecule has 0 bridgehead atoms. The molecule has 17 nitrogen and oxygen atoms in total. The molecule has 6 amide bonds. The number of nitrogens with zero attached hydrogens (tertiary/aromatic N) is 2. The summed E-state index contributed by atoms with van der Waals surface area (Å²) in [7, 11) is 0. The van der Waals surface area contributed by atoms with Crippen LogP contribution in [-0.4, -0.2) is 106 Å².